The average molecular weight is 354 g/mol. The summed E-state index contributed by atoms with van der Waals surface area (Å²) in [6, 6.07) is 5.40. The number of hydrogen-bond acceptors (Lipinski definition) is 4. The van der Waals surface area contributed by atoms with E-state index in [0.717, 1.165) is 16.4 Å². The first-order chi connectivity index (χ1) is 11.9. The molecule has 2 N–H and O–H groups in total. The molecule has 2 aromatic rings. The van der Waals surface area contributed by atoms with Crippen LogP contribution in [0.2, 0.25) is 0 Å². The molecule has 9 heteroatoms. The van der Waals surface area contributed by atoms with E-state index in [-0.39, 0.29) is 30.9 Å². The number of hydrogen-bond donors (Lipinski definition) is 2. The molecule has 0 saturated carbocycles. The largest absolute Gasteiger partial charge is 0.497 e. The molecular weight excluding hydrogens is 337 g/mol. The third-order valence-electron chi connectivity index (χ3n) is 4.04. The van der Waals surface area contributed by atoms with Gasteiger partial charge >= 0.3 is 6.18 Å². The van der Waals surface area contributed by atoms with Crippen LogP contribution in [0.25, 0.3) is 0 Å². The Kier molecular flexibility index (Phi) is 4.56. The molecule has 1 unspecified atom stereocenters. The molecule has 0 saturated heterocycles. The number of aromatic nitrogens is 2. The number of fused-ring (bicyclic) bond motifs is 1. The summed E-state index contributed by atoms with van der Waals surface area (Å²) in [7, 11) is 1.56. The molecule has 0 bridgehead atoms. The zero-order chi connectivity index (χ0) is 18.0. The van der Waals surface area contributed by atoms with Crippen LogP contribution in [0.15, 0.2) is 30.5 Å². The van der Waals surface area contributed by atoms with Crippen LogP contribution < -0.4 is 15.4 Å². The quantitative estimate of drug-likeness (QED) is 0.886. The molecule has 1 aliphatic rings. The van der Waals surface area contributed by atoms with E-state index in [1.807, 2.05) is 0 Å². The van der Waals surface area contributed by atoms with Gasteiger partial charge in [-0.2, -0.15) is 18.3 Å². The lowest BCUT2D eigenvalue weighted by molar-refractivity contribution is -0.171. The van der Waals surface area contributed by atoms with Crippen molar-refractivity contribution in [3.63, 3.8) is 0 Å². The summed E-state index contributed by atoms with van der Waals surface area (Å²) in [5.74, 6) is 0.316. The van der Waals surface area contributed by atoms with Gasteiger partial charge in [0, 0.05) is 13.1 Å². The predicted octanol–water partition coefficient (Wildman–Crippen LogP) is 2.74. The van der Waals surface area contributed by atoms with E-state index in [9.17, 15) is 18.0 Å². The van der Waals surface area contributed by atoms with Crippen LogP contribution in [0.1, 0.15) is 28.4 Å². The summed E-state index contributed by atoms with van der Waals surface area (Å²) < 4.78 is 45.1. The molecule has 0 spiro atoms. The SMILES string of the molecule is COc1ccc(CNC(=O)c2cnn3c2NCCC3C(F)(F)F)cc1. The average Bonchev–Trinajstić information content (AvgIpc) is 3.03. The number of nitrogens with one attached hydrogen (secondary N) is 2. The number of rotatable bonds is 4. The van der Waals surface area contributed by atoms with Crippen LogP contribution in [-0.2, 0) is 6.54 Å². The second kappa shape index (κ2) is 6.66. The van der Waals surface area contributed by atoms with Crippen molar-refractivity contribution >= 4 is 11.7 Å². The Bertz CT molecular complexity index is 756. The van der Waals surface area contributed by atoms with Crippen LogP contribution >= 0.6 is 0 Å². The van der Waals surface area contributed by atoms with E-state index in [4.69, 9.17) is 4.74 Å². The maximum Gasteiger partial charge on any atom is 0.410 e. The summed E-state index contributed by atoms with van der Waals surface area (Å²) in [5, 5.41) is 9.28. The highest BCUT2D eigenvalue weighted by atomic mass is 19.4. The minimum absolute atomic E-state index is 0.0980. The van der Waals surface area contributed by atoms with E-state index in [1.165, 1.54) is 0 Å². The Morgan fingerprint density at radius 1 is 1.40 bits per heavy atom. The number of ether oxygens (including phenoxy) is 1. The molecule has 134 valence electrons. The van der Waals surface area contributed by atoms with Gasteiger partial charge in [-0.15, -0.1) is 0 Å². The van der Waals surface area contributed by atoms with Crippen LogP contribution in [0, 0.1) is 0 Å². The van der Waals surface area contributed by atoms with E-state index in [0.29, 0.717) is 5.75 Å². The summed E-state index contributed by atoms with van der Waals surface area (Å²) in [6.07, 6.45) is -3.36. The lowest BCUT2D eigenvalue weighted by atomic mass is 10.1. The Morgan fingerprint density at radius 2 is 2.12 bits per heavy atom. The first-order valence-electron chi connectivity index (χ1n) is 7.69. The maximum atomic E-state index is 13.1. The summed E-state index contributed by atoms with van der Waals surface area (Å²) in [4.78, 5) is 12.3. The van der Waals surface area contributed by atoms with Crippen LogP contribution in [0.4, 0.5) is 19.0 Å². The van der Waals surface area contributed by atoms with Gasteiger partial charge in [0.05, 0.1) is 13.3 Å². The van der Waals surface area contributed by atoms with Gasteiger partial charge in [0.25, 0.3) is 5.91 Å². The van der Waals surface area contributed by atoms with Crippen molar-refractivity contribution < 1.29 is 22.7 Å². The molecule has 1 aliphatic heterocycles. The lowest BCUT2D eigenvalue weighted by Gasteiger charge is -2.27. The van der Waals surface area contributed by atoms with Gasteiger partial charge in [-0.1, -0.05) is 12.1 Å². The van der Waals surface area contributed by atoms with Gasteiger partial charge in [0.2, 0.25) is 0 Å². The van der Waals surface area contributed by atoms with Gasteiger partial charge in [0.1, 0.15) is 17.1 Å². The zero-order valence-corrected chi connectivity index (χ0v) is 13.4. The molecule has 1 aromatic heterocycles. The molecule has 0 fully saturated rings. The van der Waals surface area contributed by atoms with Crippen LogP contribution in [-0.4, -0.2) is 35.5 Å². The molecule has 1 aromatic carbocycles. The van der Waals surface area contributed by atoms with Crippen molar-refractivity contribution in [3.05, 3.63) is 41.6 Å². The maximum absolute atomic E-state index is 13.1. The van der Waals surface area contributed by atoms with E-state index in [1.54, 1.807) is 31.4 Å². The summed E-state index contributed by atoms with van der Waals surface area (Å²) >= 11 is 0. The fourth-order valence-corrected chi connectivity index (χ4v) is 2.71. The number of nitrogens with zero attached hydrogens (tertiary/aromatic N) is 2. The molecule has 1 atom stereocenters. The standard InChI is InChI=1S/C16H17F3N4O2/c1-25-11-4-2-10(3-5-11)8-21-15(24)12-9-22-23-13(16(17,18)19)6-7-20-14(12)23/h2-5,9,13,20H,6-8H2,1H3,(H,21,24). The van der Waals surface area contributed by atoms with Gasteiger partial charge in [-0.25, -0.2) is 4.68 Å². The van der Waals surface area contributed by atoms with Crippen molar-refractivity contribution in [1.82, 2.24) is 15.1 Å². The molecule has 1 amide bonds. The van der Waals surface area contributed by atoms with Crippen molar-refractivity contribution in [2.45, 2.75) is 25.2 Å². The Morgan fingerprint density at radius 3 is 2.76 bits per heavy atom. The molecule has 3 rings (SSSR count). The third kappa shape index (κ3) is 3.54. The fraction of sp³-hybridized carbons (Fsp3) is 0.375. The van der Waals surface area contributed by atoms with Crippen molar-refractivity contribution in [1.29, 1.82) is 0 Å². The van der Waals surface area contributed by atoms with Gasteiger partial charge < -0.3 is 15.4 Å². The van der Waals surface area contributed by atoms with E-state index >= 15 is 0 Å². The number of alkyl halides is 3. The molecule has 6 nitrogen and oxygen atoms in total. The Hall–Kier alpha value is -2.71. The lowest BCUT2D eigenvalue weighted by Crippen LogP contribution is -2.34. The number of methoxy groups -OCH3 is 1. The smallest absolute Gasteiger partial charge is 0.410 e. The fourth-order valence-electron chi connectivity index (χ4n) is 2.71. The first kappa shape index (κ1) is 17.1. The number of benzene rings is 1. The van der Waals surface area contributed by atoms with Crippen LogP contribution in [0.3, 0.4) is 0 Å². The summed E-state index contributed by atoms with van der Waals surface area (Å²) in [6.45, 7) is 0.380. The normalized spacial score (nSPS) is 16.7. The minimum atomic E-state index is -4.40. The van der Waals surface area contributed by atoms with E-state index < -0.39 is 18.1 Å². The highest BCUT2D eigenvalue weighted by Gasteiger charge is 2.44. The molecule has 0 aliphatic carbocycles. The van der Waals surface area contributed by atoms with Crippen molar-refractivity contribution in [3.8, 4) is 5.75 Å². The Labute approximate surface area is 142 Å². The monoisotopic (exact) mass is 354 g/mol. The number of carbonyl (C=O) groups excluding carboxylic acids is 1. The van der Waals surface area contributed by atoms with E-state index in [2.05, 4.69) is 15.7 Å². The zero-order valence-electron chi connectivity index (χ0n) is 13.4. The number of carbonyl (C=O) groups is 1. The van der Waals surface area contributed by atoms with Gasteiger partial charge in [0.15, 0.2) is 6.04 Å². The van der Waals surface area contributed by atoms with Crippen molar-refractivity contribution in [2.24, 2.45) is 0 Å². The van der Waals surface area contributed by atoms with Gasteiger partial charge in [-0.3, -0.25) is 4.79 Å². The number of anilines is 1. The number of amides is 1. The summed E-state index contributed by atoms with van der Waals surface area (Å²) in [5.41, 5.74) is 0.943. The second-order valence-electron chi connectivity index (χ2n) is 5.66. The highest BCUT2D eigenvalue weighted by molar-refractivity contribution is 5.98. The minimum Gasteiger partial charge on any atom is -0.497 e. The van der Waals surface area contributed by atoms with Crippen molar-refractivity contribution in [2.75, 3.05) is 19.0 Å². The molecular formula is C16H17F3N4O2. The van der Waals surface area contributed by atoms with Crippen LogP contribution in [0.5, 0.6) is 5.75 Å². The third-order valence-corrected chi connectivity index (χ3v) is 4.04. The molecule has 25 heavy (non-hydrogen) atoms. The van der Waals surface area contributed by atoms with Gasteiger partial charge in [-0.05, 0) is 24.1 Å². The molecule has 2 heterocycles. The number of halogens is 3. The highest BCUT2D eigenvalue weighted by Crippen LogP contribution is 2.38. The predicted molar refractivity (Wildman–Crippen MR) is 84.6 cm³/mol. The first-order valence-corrected chi connectivity index (χ1v) is 7.69. The second-order valence-corrected chi connectivity index (χ2v) is 5.66. The molecule has 0 radical (unpaired) electrons. The topological polar surface area (TPSA) is 68.2 Å². The Balaban J connectivity index is 1.72.